The summed E-state index contributed by atoms with van der Waals surface area (Å²) in [6.07, 6.45) is -41.1. The lowest BCUT2D eigenvalue weighted by Gasteiger charge is -2.48. The van der Waals surface area contributed by atoms with Gasteiger partial charge in [-0.25, -0.2) is 4.79 Å². The molecule has 5 fully saturated rings. The molecule has 13 N–H and O–H groups in total. The van der Waals surface area contributed by atoms with Gasteiger partial charge in [-0.15, -0.1) is 0 Å². The van der Waals surface area contributed by atoms with E-state index in [0.717, 1.165) is 0 Å². The summed E-state index contributed by atoms with van der Waals surface area (Å²) < 4.78 is 54.4. The van der Waals surface area contributed by atoms with E-state index in [9.17, 15) is 71.2 Å². The number of hydrogen-bond donors (Lipinski definition) is 13. The van der Waals surface area contributed by atoms with Crippen molar-refractivity contribution < 1.29 is 119 Å². The molecule has 0 amide bonds. The Morgan fingerprint density at radius 3 is 1.69 bits per heavy atom. The molecule has 5 aliphatic rings. The van der Waals surface area contributed by atoms with Gasteiger partial charge in [0.15, 0.2) is 37.6 Å². The lowest BCUT2D eigenvalue weighted by molar-refractivity contribution is -0.388. The van der Waals surface area contributed by atoms with E-state index < -0.39 is 167 Å². The molecular formula is C30H50O24. The van der Waals surface area contributed by atoms with Crippen LogP contribution in [0.4, 0.5) is 0 Å². The van der Waals surface area contributed by atoms with Crippen LogP contribution in [0.3, 0.4) is 0 Å². The largest absolute Gasteiger partial charge is 0.479 e. The Morgan fingerprint density at radius 2 is 1.07 bits per heavy atom. The Hall–Kier alpha value is -1.41. The van der Waals surface area contributed by atoms with Gasteiger partial charge in [-0.05, 0) is 13.8 Å². The molecule has 0 bridgehead atoms. The molecule has 0 aromatic heterocycles. The number of hydrogen-bond acceptors (Lipinski definition) is 23. The average Bonchev–Trinajstić information content (AvgIpc) is 3.13. The Balaban J connectivity index is 1.23. The zero-order valence-electron chi connectivity index (χ0n) is 29.1. The van der Waals surface area contributed by atoms with Crippen molar-refractivity contribution in [3.05, 3.63) is 0 Å². The van der Waals surface area contributed by atoms with Crippen molar-refractivity contribution in [1.29, 1.82) is 0 Å². The van der Waals surface area contributed by atoms with Gasteiger partial charge in [0.25, 0.3) is 0 Å². The molecule has 0 aliphatic carbocycles. The van der Waals surface area contributed by atoms with Gasteiger partial charge in [-0.2, -0.15) is 0 Å². The van der Waals surface area contributed by atoms with Crippen molar-refractivity contribution in [2.75, 3.05) is 20.3 Å². The van der Waals surface area contributed by atoms with E-state index >= 15 is 0 Å². The lowest BCUT2D eigenvalue weighted by atomic mass is 9.96. The fourth-order valence-electron chi connectivity index (χ4n) is 6.80. The average molecular weight is 795 g/mol. The molecule has 24 nitrogen and oxygen atoms in total. The molecule has 24 heteroatoms. The first-order chi connectivity index (χ1) is 25.4. The second kappa shape index (κ2) is 18.0. The third-order valence-electron chi connectivity index (χ3n) is 10.1. The Kier molecular flexibility index (Phi) is 14.6. The fraction of sp³-hybridized carbons (Fsp3) is 0.967. The predicted molar refractivity (Wildman–Crippen MR) is 163 cm³/mol. The van der Waals surface area contributed by atoms with E-state index in [4.69, 9.17) is 47.4 Å². The third kappa shape index (κ3) is 8.70. The van der Waals surface area contributed by atoms with E-state index in [1.165, 1.54) is 21.0 Å². The van der Waals surface area contributed by atoms with Gasteiger partial charge in [0, 0.05) is 7.11 Å². The Labute approximate surface area is 306 Å². The monoisotopic (exact) mass is 794 g/mol. The minimum absolute atomic E-state index is 0.529. The van der Waals surface area contributed by atoms with E-state index in [1.54, 1.807) is 0 Å². The minimum Gasteiger partial charge on any atom is -0.479 e. The maximum Gasteiger partial charge on any atom is 0.335 e. The molecule has 0 unspecified atom stereocenters. The van der Waals surface area contributed by atoms with Crippen molar-refractivity contribution in [3.8, 4) is 0 Å². The van der Waals surface area contributed by atoms with Gasteiger partial charge in [-0.1, -0.05) is 0 Å². The summed E-state index contributed by atoms with van der Waals surface area (Å²) in [5.41, 5.74) is 0. The molecular weight excluding hydrogens is 744 g/mol. The van der Waals surface area contributed by atoms with E-state index in [1.807, 2.05) is 0 Å². The second-order valence-electron chi connectivity index (χ2n) is 13.7. The van der Waals surface area contributed by atoms with Crippen LogP contribution < -0.4 is 0 Å². The van der Waals surface area contributed by atoms with Crippen LogP contribution in [0.1, 0.15) is 13.8 Å². The Bertz CT molecular complexity index is 1220. The molecule has 0 aromatic carbocycles. The van der Waals surface area contributed by atoms with E-state index in [2.05, 4.69) is 0 Å². The molecule has 0 radical (unpaired) electrons. The van der Waals surface area contributed by atoms with Crippen molar-refractivity contribution >= 4 is 5.97 Å². The smallest absolute Gasteiger partial charge is 0.335 e. The predicted octanol–water partition coefficient (Wildman–Crippen LogP) is -8.48. The molecule has 314 valence electrons. The topological polar surface area (TPSA) is 372 Å². The first kappa shape index (κ1) is 43.7. The van der Waals surface area contributed by atoms with E-state index in [-0.39, 0.29) is 0 Å². The SMILES string of the molecule is CO[C@@H]1[C@@H](O[C@@H]2CO[C@@H](O[C@H]3[C@H](O)[C@@H](O)[C@@H](O[C@H]4[C@@H](O)[C@H](O[C@H]5O[C@@H](C)[C@H](O)[C@@H](O)[C@H]5O)[C@@H](CO)O[C@@H]4O)O[C@@H]3C(=O)O)[C@H](O)[C@H]2O)O[C@@H](C)[C@@H](O)[C@H]1O. The zero-order chi connectivity index (χ0) is 39.9. The number of carboxylic acids is 1. The molecule has 0 saturated carbocycles. The Morgan fingerprint density at radius 1 is 0.556 bits per heavy atom. The molecule has 5 heterocycles. The van der Waals surface area contributed by atoms with Crippen LogP contribution in [0.25, 0.3) is 0 Å². The van der Waals surface area contributed by atoms with Crippen molar-refractivity contribution in [3.63, 3.8) is 0 Å². The van der Waals surface area contributed by atoms with Crippen LogP contribution in [0.5, 0.6) is 0 Å². The highest BCUT2D eigenvalue weighted by molar-refractivity contribution is 5.73. The summed E-state index contributed by atoms with van der Waals surface area (Å²) in [5, 5.41) is 136. The lowest BCUT2D eigenvalue weighted by Crippen LogP contribution is -2.67. The molecule has 0 aromatic rings. The van der Waals surface area contributed by atoms with Gasteiger partial charge in [-0.3, -0.25) is 0 Å². The van der Waals surface area contributed by atoms with Crippen LogP contribution in [-0.4, -0.2) is 240 Å². The van der Waals surface area contributed by atoms with Crippen LogP contribution >= 0.6 is 0 Å². The van der Waals surface area contributed by atoms with Gasteiger partial charge in [0.2, 0.25) is 0 Å². The first-order valence-corrected chi connectivity index (χ1v) is 17.1. The molecule has 54 heavy (non-hydrogen) atoms. The third-order valence-corrected chi connectivity index (χ3v) is 10.1. The van der Waals surface area contributed by atoms with Crippen LogP contribution in [0, 0.1) is 0 Å². The van der Waals surface area contributed by atoms with Gasteiger partial charge >= 0.3 is 5.97 Å². The summed E-state index contributed by atoms with van der Waals surface area (Å²) in [4.78, 5) is 12.3. The summed E-state index contributed by atoms with van der Waals surface area (Å²) in [6, 6.07) is 0. The zero-order valence-corrected chi connectivity index (χ0v) is 29.1. The van der Waals surface area contributed by atoms with Crippen molar-refractivity contribution in [2.45, 2.75) is 161 Å². The molecule has 0 spiro atoms. The number of carbonyl (C=O) groups is 1. The van der Waals surface area contributed by atoms with Crippen LogP contribution in [0.15, 0.2) is 0 Å². The van der Waals surface area contributed by atoms with Crippen molar-refractivity contribution in [1.82, 2.24) is 0 Å². The normalized spacial score (nSPS) is 53.2. The summed E-state index contributed by atoms with van der Waals surface area (Å²) >= 11 is 0. The standard InChI is InChI=1S/C30H50O24/c1-6-10(32)13(35)17(39)28(47-6)51-20-8(4-31)49-26(44)22(19(20)41)53-29-18(40)15(37)21(24(54-29)25(42)43)52-27-16(38)12(34)9(5-46-27)50-30-23(45-3)14(36)11(33)7(2)48-30/h6-24,26-41,44H,4-5H2,1-3H3,(H,42,43)/t6-,7-,8+,9+,10-,11+,12-,13+,14+,15+,16+,17+,18+,19-,20+,21-,22-,23-,24-,26-,27-,28+,29-,30+/m0/s1. The van der Waals surface area contributed by atoms with Crippen LogP contribution in [-0.2, 0) is 52.2 Å². The number of methoxy groups -OCH3 is 1. The van der Waals surface area contributed by atoms with Crippen molar-refractivity contribution in [2.24, 2.45) is 0 Å². The number of aliphatic hydroxyl groups is 12. The molecule has 5 saturated heterocycles. The quantitative estimate of drug-likeness (QED) is 0.0923. The van der Waals surface area contributed by atoms with Gasteiger partial charge < -0.3 is 114 Å². The number of carboxylic acid groups (broad SMARTS) is 1. The minimum atomic E-state index is -2.20. The number of aliphatic hydroxyl groups excluding tert-OH is 12. The molecule has 24 atom stereocenters. The maximum absolute atomic E-state index is 12.3. The second-order valence-corrected chi connectivity index (χ2v) is 13.7. The van der Waals surface area contributed by atoms with E-state index in [0.29, 0.717) is 0 Å². The highest BCUT2D eigenvalue weighted by Gasteiger charge is 2.56. The van der Waals surface area contributed by atoms with Gasteiger partial charge in [0.1, 0.15) is 97.7 Å². The molecule has 5 rings (SSSR count). The summed E-state index contributed by atoms with van der Waals surface area (Å²) in [5.74, 6) is -1.79. The fourth-order valence-corrected chi connectivity index (χ4v) is 6.80. The first-order valence-electron chi connectivity index (χ1n) is 17.1. The highest BCUT2D eigenvalue weighted by Crippen LogP contribution is 2.34. The summed E-state index contributed by atoms with van der Waals surface area (Å²) in [7, 11) is 1.22. The highest BCUT2D eigenvalue weighted by atomic mass is 16.8. The summed E-state index contributed by atoms with van der Waals surface area (Å²) in [6.45, 7) is 1.40. The number of ether oxygens (including phenoxy) is 10. The number of aliphatic carboxylic acids is 1. The maximum atomic E-state index is 12.3. The molecule has 5 aliphatic heterocycles. The number of rotatable bonds is 11. The van der Waals surface area contributed by atoms with Crippen LogP contribution in [0.2, 0.25) is 0 Å². The van der Waals surface area contributed by atoms with Gasteiger partial charge in [0.05, 0.1) is 25.4 Å².